The summed E-state index contributed by atoms with van der Waals surface area (Å²) in [5, 5.41) is 15.0. The van der Waals surface area contributed by atoms with E-state index in [1.54, 1.807) is 24.6 Å². The smallest absolute Gasteiger partial charge is 0.338 e. The van der Waals surface area contributed by atoms with Crippen LogP contribution in [0.2, 0.25) is 5.02 Å². The van der Waals surface area contributed by atoms with Crippen LogP contribution >= 0.6 is 22.9 Å². The second-order valence-electron chi connectivity index (χ2n) is 8.96. The number of aliphatic imine (C=N–C) groups is 1. The molecular formula is C25H28ClFN4O5S. The van der Waals surface area contributed by atoms with Gasteiger partial charge >= 0.3 is 11.9 Å². The van der Waals surface area contributed by atoms with Gasteiger partial charge in [0.05, 0.1) is 36.3 Å². The van der Waals surface area contributed by atoms with Gasteiger partial charge in [-0.2, -0.15) is 0 Å². The summed E-state index contributed by atoms with van der Waals surface area (Å²) in [5.41, 5.74) is 1.01. The Balaban J connectivity index is 1.80. The number of nitrogens with zero attached hydrogens (tertiary/aromatic N) is 3. The van der Waals surface area contributed by atoms with Crippen molar-refractivity contribution in [1.82, 2.24) is 15.2 Å². The van der Waals surface area contributed by atoms with Crippen LogP contribution in [0.25, 0.3) is 0 Å². The van der Waals surface area contributed by atoms with E-state index < -0.39 is 29.7 Å². The number of carboxylic acid groups (broad SMARTS) is 1. The third kappa shape index (κ3) is 5.85. The first kappa shape index (κ1) is 27.2. The van der Waals surface area contributed by atoms with Crippen molar-refractivity contribution >= 4 is 40.7 Å². The molecule has 1 unspecified atom stereocenters. The molecule has 12 heteroatoms. The number of nitrogens with one attached hydrogen (secondary N) is 1. The van der Waals surface area contributed by atoms with Gasteiger partial charge in [-0.05, 0) is 19.4 Å². The third-order valence-electron chi connectivity index (χ3n) is 6.59. The summed E-state index contributed by atoms with van der Waals surface area (Å²) >= 11 is 7.71. The highest BCUT2D eigenvalue weighted by Gasteiger charge is 2.38. The molecule has 1 aromatic carbocycles. The van der Waals surface area contributed by atoms with Crippen LogP contribution in [0.15, 0.2) is 46.0 Å². The van der Waals surface area contributed by atoms with Crippen molar-refractivity contribution < 1.29 is 28.6 Å². The lowest BCUT2D eigenvalue weighted by atomic mass is 9.93. The predicted molar refractivity (Wildman–Crippen MR) is 137 cm³/mol. The van der Waals surface area contributed by atoms with Crippen LogP contribution in [-0.2, 0) is 19.1 Å². The summed E-state index contributed by atoms with van der Waals surface area (Å²) in [6.45, 7) is 4.80. The first-order valence-electron chi connectivity index (χ1n) is 11.8. The van der Waals surface area contributed by atoms with Gasteiger partial charge in [-0.25, -0.2) is 14.2 Å². The molecule has 198 valence electrons. The number of carbonyl (C=O) groups excluding carboxylic acids is 1. The molecule has 0 amide bonds. The summed E-state index contributed by atoms with van der Waals surface area (Å²) in [7, 11) is 1.27. The average molecular weight is 551 g/mol. The molecule has 37 heavy (non-hydrogen) atoms. The van der Waals surface area contributed by atoms with Crippen LogP contribution in [0.3, 0.4) is 0 Å². The van der Waals surface area contributed by atoms with E-state index >= 15 is 0 Å². The lowest BCUT2D eigenvalue weighted by Crippen LogP contribution is -2.53. The Morgan fingerprint density at radius 3 is 2.89 bits per heavy atom. The molecule has 2 aliphatic heterocycles. The van der Waals surface area contributed by atoms with Crippen LogP contribution < -0.4 is 5.32 Å². The average Bonchev–Trinajstić information content (AvgIpc) is 3.42. The Bertz CT molecular complexity index is 1220. The third-order valence-corrected chi connectivity index (χ3v) is 7.77. The van der Waals surface area contributed by atoms with E-state index in [1.807, 2.05) is 6.92 Å². The van der Waals surface area contributed by atoms with Crippen molar-refractivity contribution in [2.45, 2.75) is 38.5 Å². The fourth-order valence-corrected chi connectivity index (χ4v) is 5.43. The molecule has 2 N–H and O–H groups in total. The fourth-order valence-electron chi connectivity index (χ4n) is 4.61. The Labute approximate surface area is 223 Å². The number of hydrogen-bond donors (Lipinski definition) is 2. The highest BCUT2D eigenvalue weighted by Crippen LogP contribution is 2.38. The van der Waals surface area contributed by atoms with Crippen molar-refractivity contribution in [2.75, 3.05) is 26.8 Å². The van der Waals surface area contributed by atoms with Gasteiger partial charge < -0.3 is 19.9 Å². The molecule has 4 rings (SSSR count). The van der Waals surface area contributed by atoms with E-state index in [4.69, 9.17) is 26.1 Å². The number of thiazole rings is 1. The lowest BCUT2D eigenvalue weighted by Gasteiger charge is -2.42. The van der Waals surface area contributed by atoms with Gasteiger partial charge in [0.15, 0.2) is 10.8 Å². The van der Waals surface area contributed by atoms with Gasteiger partial charge in [-0.1, -0.05) is 30.7 Å². The summed E-state index contributed by atoms with van der Waals surface area (Å²) in [5.74, 6) is -2.32. The number of hydrogen-bond acceptors (Lipinski definition) is 9. The van der Waals surface area contributed by atoms with Gasteiger partial charge in [-0.3, -0.25) is 14.7 Å². The van der Waals surface area contributed by atoms with E-state index in [2.05, 4.69) is 15.2 Å². The van der Waals surface area contributed by atoms with Crippen LogP contribution in [0.1, 0.15) is 36.9 Å². The number of morpholine rings is 1. The van der Waals surface area contributed by atoms with E-state index in [-0.39, 0.29) is 29.3 Å². The molecule has 1 saturated heterocycles. The van der Waals surface area contributed by atoms with Crippen LogP contribution in [0.5, 0.6) is 0 Å². The van der Waals surface area contributed by atoms with E-state index in [9.17, 15) is 19.1 Å². The summed E-state index contributed by atoms with van der Waals surface area (Å²) < 4.78 is 25.4. The summed E-state index contributed by atoms with van der Waals surface area (Å²) in [4.78, 5) is 35.9. The van der Waals surface area contributed by atoms with Crippen LogP contribution in [0.4, 0.5) is 4.39 Å². The maximum atomic E-state index is 14.5. The first-order chi connectivity index (χ1) is 17.7. The minimum atomic E-state index is -0.944. The normalized spacial score (nSPS) is 23.3. The number of esters is 1. The molecule has 0 bridgehead atoms. The number of rotatable bonds is 8. The molecule has 3 heterocycles. The molecular weight excluding hydrogens is 523 g/mol. The zero-order valence-corrected chi connectivity index (χ0v) is 22.2. The number of amidine groups is 1. The molecule has 2 aliphatic rings. The number of benzene rings is 1. The molecule has 0 saturated carbocycles. The van der Waals surface area contributed by atoms with E-state index in [0.717, 1.165) is 0 Å². The highest BCUT2D eigenvalue weighted by molar-refractivity contribution is 7.11. The molecule has 1 fully saturated rings. The zero-order chi connectivity index (χ0) is 26.7. The van der Waals surface area contributed by atoms with Gasteiger partial charge in [0.2, 0.25) is 0 Å². The molecule has 1 aromatic heterocycles. The molecule has 0 spiro atoms. The maximum Gasteiger partial charge on any atom is 0.338 e. The Hall–Kier alpha value is -2.86. The van der Waals surface area contributed by atoms with Crippen LogP contribution in [-0.4, -0.2) is 71.7 Å². The van der Waals surface area contributed by atoms with Crippen molar-refractivity contribution in [3.63, 3.8) is 0 Å². The Morgan fingerprint density at radius 2 is 2.22 bits per heavy atom. The molecule has 4 atom stereocenters. The SMILES string of the molecule is COC(=O)C1=C(CN2CCO[C@H](C)[C@H]2CC(C)C(=O)O)NC(c2nccs2)=N[C@H]1c1cccc(F)c1Cl. The number of ether oxygens (including phenoxy) is 2. The zero-order valence-electron chi connectivity index (χ0n) is 20.6. The minimum absolute atomic E-state index is 0.134. The van der Waals surface area contributed by atoms with Crippen molar-refractivity contribution in [3.05, 3.63) is 62.5 Å². The van der Waals surface area contributed by atoms with E-state index in [0.29, 0.717) is 41.7 Å². The fraction of sp³-hybridized carbons (Fsp3) is 0.440. The van der Waals surface area contributed by atoms with Gasteiger partial charge in [0, 0.05) is 42.0 Å². The maximum absolute atomic E-state index is 14.5. The number of aromatic nitrogens is 1. The first-order valence-corrected chi connectivity index (χ1v) is 13.0. The van der Waals surface area contributed by atoms with Crippen LogP contribution in [0, 0.1) is 11.7 Å². The van der Waals surface area contributed by atoms with Gasteiger partial charge in [0.1, 0.15) is 11.9 Å². The summed E-state index contributed by atoms with van der Waals surface area (Å²) in [6.07, 6.45) is 1.78. The largest absolute Gasteiger partial charge is 0.481 e. The highest BCUT2D eigenvalue weighted by atomic mass is 35.5. The Morgan fingerprint density at radius 1 is 1.43 bits per heavy atom. The second kappa shape index (κ2) is 11.7. The molecule has 0 aliphatic carbocycles. The minimum Gasteiger partial charge on any atom is -0.481 e. The van der Waals surface area contributed by atoms with Gasteiger partial charge in [-0.15, -0.1) is 11.3 Å². The van der Waals surface area contributed by atoms with Crippen molar-refractivity contribution in [2.24, 2.45) is 10.9 Å². The molecule has 9 nitrogen and oxygen atoms in total. The quantitative estimate of drug-likeness (QED) is 0.479. The molecule has 0 radical (unpaired) electrons. The number of carbonyl (C=O) groups is 2. The number of carboxylic acids is 1. The lowest BCUT2D eigenvalue weighted by molar-refractivity contribution is -0.143. The Kier molecular flexibility index (Phi) is 8.58. The van der Waals surface area contributed by atoms with Gasteiger partial charge in [0.25, 0.3) is 0 Å². The van der Waals surface area contributed by atoms with E-state index in [1.165, 1.54) is 30.6 Å². The number of halogens is 2. The summed E-state index contributed by atoms with van der Waals surface area (Å²) in [6, 6.07) is 3.22. The predicted octanol–water partition coefficient (Wildman–Crippen LogP) is 3.65. The van der Waals surface area contributed by atoms with Crippen molar-refractivity contribution in [1.29, 1.82) is 0 Å². The number of methoxy groups -OCH3 is 1. The molecule has 2 aromatic rings. The standard InChI is InChI=1S/C25H28ClFN4O5S/c1-13(24(32)33)11-18-14(2)36-9-8-31(18)12-17-19(25(34)35-3)21(15-5-4-6-16(27)20(15)26)30-22(29-17)23-28-7-10-37-23/h4-7,10,13-14,18,21H,8-9,11-12H2,1-3H3,(H,29,30)(H,32,33)/t13?,14-,18-,21+/m1/s1. The number of aliphatic carboxylic acids is 1. The second-order valence-corrected chi connectivity index (χ2v) is 10.2. The topological polar surface area (TPSA) is 113 Å². The monoisotopic (exact) mass is 550 g/mol. The van der Waals surface area contributed by atoms with Crippen molar-refractivity contribution in [3.8, 4) is 0 Å².